The van der Waals surface area contributed by atoms with Gasteiger partial charge in [-0.05, 0) is 6.54 Å². The summed E-state index contributed by atoms with van der Waals surface area (Å²) in [4.78, 5) is 0.657. The Morgan fingerprint density at radius 2 is 1.75 bits per heavy atom. The lowest BCUT2D eigenvalue weighted by Gasteiger charge is -2.20. The van der Waals surface area contributed by atoms with Crippen molar-refractivity contribution in [3.05, 3.63) is 0 Å². The van der Waals surface area contributed by atoms with Crippen molar-refractivity contribution < 1.29 is 22.0 Å². The van der Waals surface area contributed by atoms with Gasteiger partial charge < -0.3 is 0 Å². The van der Waals surface area contributed by atoms with E-state index >= 15 is 0 Å². The van der Waals surface area contributed by atoms with E-state index in [0.29, 0.717) is 4.90 Å². The van der Waals surface area contributed by atoms with Gasteiger partial charge in [-0.3, -0.25) is 4.90 Å². The molecular weight excluding hydrogens is 181 g/mol. The molecule has 0 spiro atoms. The molecule has 0 aromatic heterocycles. The van der Waals surface area contributed by atoms with Gasteiger partial charge in [0.05, 0.1) is 13.1 Å². The minimum atomic E-state index is -4.40. The van der Waals surface area contributed by atoms with Gasteiger partial charge in [0.2, 0.25) is 0 Å². The molecular formula is C6H10F5N. The third-order valence-electron chi connectivity index (χ3n) is 1.25. The molecule has 74 valence electrons. The second kappa shape index (κ2) is 4.59. The fourth-order valence-electron chi connectivity index (χ4n) is 0.754. The van der Waals surface area contributed by atoms with Crippen molar-refractivity contribution in [1.29, 1.82) is 0 Å². The Morgan fingerprint density at radius 1 is 1.25 bits per heavy atom. The minimum absolute atomic E-state index is 0.0240. The summed E-state index contributed by atoms with van der Waals surface area (Å²) in [5.41, 5.74) is 0. The lowest BCUT2D eigenvalue weighted by atomic mass is 10.4. The van der Waals surface area contributed by atoms with Crippen LogP contribution in [0.25, 0.3) is 0 Å². The van der Waals surface area contributed by atoms with Gasteiger partial charge in [0.1, 0.15) is 0 Å². The van der Waals surface area contributed by atoms with Crippen molar-refractivity contribution in [1.82, 2.24) is 4.90 Å². The molecule has 0 aliphatic carbocycles. The van der Waals surface area contributed by atoms with Crippen molar-refractivity contribution in [3.8, 4) is 0 Å². The number of halogens is 5. The maximum absolute atomic E-state index is 11.7. The zero-order chi connectivity index (χ0) is 9.78. The number of alkyl halides is 5. The molecule has 6 heteroatoms. The summed E-state index contributed by atoms with van der Waals surface area (Å²) in [5, 5.41) is 0. The topological polar surface area (TPSA) is 3.24 Å². The van der Waals surface area contributed by atoms with Gasteiger partial charge >= 0.3 is 6.18 Å². The first kappa shape index (κ1) is 11.6. The molecule has 0 fully saturated rings. The molecule has 0 saturated carbocycles. The van der Waals surface area contributed by atoms with Crippen LogP contribution in [0.15, 0.2) is 0 Å². The highest BCUT2D eigenvalue weighted by atomic mass is 19.4. The average Bonchev–Trinajstić information content (AvgIpc) is 1.82. The number of nitrogens with zero attached hydrogens (tertiary/aromatic N) is 1. The summed E-state index contributed by atoms with van der Waals surface area (Å²) in [6.45, 7) is -0.707. The molecule has 1 nitrogen and oxygen atoms in total. The summed E-state index contributed by atoms with van der Waals surface area (Å²) in [6.07, 6.45) is -7.11. The van der Waals surface area contributed by atoms with Crippen LogP contribution in [0.3, 0.4) is 0 Å². The minimum Gasteiger partial charge on any atom is -0.290 e. The quantitative estimate of drug-likeness (QED) is 0.615. The van der Waals surface area contributed by atoms with Gasteiger partial charge in [0, 0.05) is 0 Å². The van der Waals surface area contributed by atoms with E-state index in [9.17, 15) is 22.0 Å². The first-order valence-corrected chi connectivity index (χ1v) is 3.42. The first-order chi connectivity index (χ1) is 5.35. The van der Waals surface area contributed by atoms with Crippen LogP contribution in [0.1, 0.15) is 6.92 Å². The summed E-state index contributed by atoms with van der Waals surface area (Å²) in [6, 6.07) is 0. The predicted molar refractivity (Wildman–Crippen MR) is 34.2 cm³/mol. The summed E-state index contributed by atoms with van der Waals surface area (Å²) in [7, 11) is 0. The fourth-order valence-corrected chi connectivity index (χ4v) is 0.754. The molecule has 12 heavy (non-hydrogen) atoms. The Hall–Kier alpha value is -0.390. The van der Waals surface area contributed by atoms with Gasteiger partial charge in [-0.1, -0.05) is 6.92 Å². The van der Waals surface area contributed by atoms with Crippen LogP contribution in [-0.4, -0.2) is 37.1 Å². The molecule has 0 atom stereocenters. The van der Waals surface area contributed by atoms with E-state index in [1.54, 1.807) is 0 Å². The van der Waals surface area contributed by atoms with Crippen LogP contribution in [0.4, 0.5) is 22.0 Å². The van der Waals surface area contributed by atoms with Crippen LogP contribution < -0.4 is 0 Å². The zero-order valence-electron chi connectivity index (χ0n) is 6.54. The Morgan fingerprint density at radius 3 is 2.00 bits per heavy atom. The molecule has 0 N–H and O–H groups in total. The molecule has 0 heterocycles. The normalized spacial score (nSPS) is 13.0. The van der Waals surface area contributed by atoms with Crippen molar-refractivity contribution in [2.24, 2.45) is 0 Å². The average molecular weight is 191 g/mol. The maximum Gasteiger partial charge on any atom is 0.401 e. The highest BCUT2D eigenvalue weighted by molar-refractivity contribution is 4.62. The standard InChI is InChI=1S/C6H10F5N/c1-2-12(3-5(7)8)4-6(9,10)11/h5H,2-4H2,1H3. The van der Waals surface area contributed by atoms with E-state index in [4.69, 9.17) is 0 Å². The highest BCUT2D eigenvalue weighted by Crippen LogP contribution is 2.16. The van der Waals surface area contributed by atoms with Crippen LogP contribution >= 0.6 is 0 Å². The van der Waals surface area contributed by atoms with E-state index < -0.39 is 25.7 Å². The van der Waals surface area contributed by atoms with Gasteiger partial charge in [0.25, 0.3) is 6.43 Å². The van der Waals surface area contributed by atoms with Crippen LogP contribution in [0, 0.1) is 0 Å². The van der Waals surface area contributed by atoms with E-state index in [-0.39, 0.29) is 6.54 Å². The monoisotopic (exact) mass is 191 g/mol. The first-order valence-electron chi connectivity index (χ1n) is 3.42. The number of rotatable bonds is 4. The SMILES string of the molecule is CCN(CC(F)F)CC(F)(F)F. The number of hydrogen-bond acceptors (Lipinski definition) is 1. The highest BCUT2D eigenvalue weighted by Gasteiger charge is 2.30. The lowest BCUT2D eigenvalue weighted by molar-refractivity contribution is -0.148. The Labute approximate surface area is 67.2 Å². The molecule has 0 aromatic carbocycles. The Kier molecular flexibility index (Phi) is 4.44. The lowest BCUT2D eigenvalue weighted by Crippen LogP contribution is -2.37. The largest absolute Gasteiger partial charge is 0.401 e. The molecule has 0 rings (SSSR count). The Balaban J connectivity index is 3.83. The fraction of sp³-hybridized carbons (Fsp3) is 1.00. The van der Waals surface area contributed by atoms with Crippen LogP contribution in [0.5, 0.6) is 0 Å². The molecule has 0 bridgehead atoms. The molecule has 0 aliphatic heterocycles. The molecule has 0 radical (unpaired) electrons. The molecule has 0 aromatic rings. The summed E-state index contributed by atoms with van der Waals surface area (Å²) < 4.78 is 58.2. The number of hydrogen-bond donors (Lipinski definition) is 0. The third-order valence-corrected chi connectivity index (χ3v) is 1.25. The molecule has 0 aliphatic rings. The second-order valence-electron chi connectivity index (χ2n) is 2.33. The van der Waals surface area contributed by atoms with Gasteiger partial charge in [-0.15, -0.1) is 0 Å². The third kappa shape index (κ3) is 6.33. The van der Waals surface area contributed by atoms with E-state index in [1.807, 2.05) is 0 Å². The summed E-state index contributed by atoms with van der Waals surface area (Å²) >= 11 is 0. The van der Waals surface area contributed by atoms with Crippen molar-refractivity contribution in [3.63, 3.8) is 0 Å². The summed E-state index contributed by atoms with van der Waals surface area (Å²) in [5.74, 6) is 0. The van der Waals surface area contributed by atoms with Gasteiger partial charge in [-0.25, -0.2) is 8.78 Å². The van der Waals surface area contributed by atoms with Gasteiger partial charge in [0.15, 0.2) is 0 Å². The maximum atomic E-state index is 11.7. The van der Waals surface area contributed by atoms with E-state index in [2.05, 4.69) is 0 Å². The predicted octanol–water partition coefficient (Wildman–Crippen LogP) is 2.14. The smallest absolute Gasteiger partial charge is 0.290 e. The van der Waals surface area contributed by atoms with E-state index in [0.717, 1.165) is 0 Å². The molecule has 0 saturated heterocycles. The van der Waals surface area contributed by atoms with Crippen molar-refractivity contribution >= 4 is 0 Å². The molecule has 0 unspecified atom stereocenters. The second-order valence-corrected chi connectivity index (χ2v) is 2.33. The Bertz CT molecular complexity index is 122. The van der Waals surface area contributed by atoms with Crippen molar-refractivity contribution in [2.45, 2.75) is 19.5 Å². The molecule has 0 amide bonds. The van der Waals surface area contributed by atoms with E-state index in [1.165, 1.54) is 6.92 Å². The van der Waals surface area contributed by atoms with Crippen LogP contribution in [0.2, 0.25) is 0 Å². The van der Waals surface area contributed by atoms with Crippen LogP contribution in [-0.2, 0) is 0 Å². The van der Waals surface area contributed by atoms with Crippen molar-refractivity contribution in [2.75, 3.05) is 19.6 Å². The zero-order valence-corrected chi connectivity index (χ0v) is 6.54. The van der Waals surface area contributed by atoms with Gasteiger partial charge in [-0.2, -0.15) is 13.2 Å².